The molecule has 2 aromatic rings. The Morgan fingerprint density at radius 3 is 2.60 bits per heavy atom. The molecular formula is C19H26N4O2. The standard InChI is InChI=1S/C19H26N4O2/c1-4-24-16-7-5-6-8-17(16)25-18-10-9-15(12-21-18)13-23-19(20)22-11-14(2)3/h5-10,12,14H,4,11,13H2,1-3H3,(H3,20,22,23). The third-order valence-electron chi connectivity index (χ3n) is 3.28. The minimum absolute atomic E-state index is 0.444. The summed E-state index contributed by atoms with van der Waals surface area (Å²) in [6, 6.07) is 11.3. The topological polar surface area (TPSA) is 81.8 Å². The summed E-state index contributed by atoms with van der Waals surface area (Å²) in [5.74, 6) is 2.81. The highest BCUT2D eigenvalue weighted by Crippen LogP contribution is 2.30. The number of para-hydroxylation sites is 2. The van der Waals surface area contributed by atoms with E-state index in [4.69, 9.17) is 15.2 Å². The van der Waals surface area contributed by atoms with Crippen LogP contribution in [0.5, 0.6) is 17.4 Å². The maximum atomic E-state index is 5.83. The summed E-state index contributed by atoms with van der Waals surface area (Å²) in [5, 5.41) is 3.08. The summed E-state index contributed by atoms with van der Waals surface area (Å²) < 4.78 is 11.3. The number of pyridine rings is 1. The molecule has 25 heavy (non-hydrogen) atoms. The Balaban J connectivity index is 1.95. The first-order valence-electron chi connectivity index (χ1n) is 8.47. The van der Waals surface area contributed by atoms with Crippen molar-refractivity contribution in [1.29, 1.82) is 0 Å². The Hall–Kier alpha value is -2.76. The van der Waals surface area contributed by atoms with E-state index in [2.05, 4.69) is 29.1 Å². The van der Waals surface area contributed by atoms with Gasteiger partial charge in [0, 0.05) is 18.8 Å². The summed E-state index contributed by atoms with van der Waals surface area (Å²) in [6.07, 6.45) is 1.73. The lowest BCUT2D eigenvalue weighted by Crippen LogP contribution is -2.34. The van der Waals surface area contributed by atoms with Gasteiger partial charge in [-0.15, -0.1) is 0 Å². The van der Waals surface area contributed by atoms with Crippen molar-refractivity contribution in [1.82, 2.24) is 10.3 Å². The molecule has 1 aromatic carbocycles. The monoisotopic (exact) mass is 342 g/mol. The normalized spacial score (nSPS) is 11.4. The van der Waals surface area contributed by atoms with Crippen LogP contribution in [0.1, 0.15) is 26.3 Å². The van der Waals surface area contributed by atoms with Crippen LogP contribution in [0.15, 0.2) is 47.6 Å². The van der Waals surface area contributed by atoms with Crippen molar-refractivity contribution in [2.75, 3.05) is 13.2 Å². The Labute approximate surface area is 149 Å². The van der Waals surface area contributed by atoms with Gasteiger partial charge in [-0.2, -0.15) is 0 Å². The quantitative estimate of drug-likeness (QED) is 0.568. The molecule has 0 aliphatic rings. The van der Waals surface area contributed by atoms with Crippen molar-refractivity contribution in [3.05, 3.63) is 48.2 Å². The van der Waals surface area contributed by atoms with Crippen LogP contribution < -0.4 is 20.5 Å². The average molecular weight is 342 g/mol. The van der Waals surface area contributed by atoms with E-state index in [9.17, 15) is 0 Å². The van der Waals surface area contributed by atoms with Gasteiger partial charge < -0.3 is 20.5 Å². The molecule has 0 saturated carbocycles. The Kier molecular flexibility index (Phi) is 7.07. The zero-order valence-corrected chi connectivity index (χ0v) is 15.0. The second-order valence-corrected chi connectivity index (χ2v) is 5.96. The molecule has 0 spiro atoms. The smallest absolute Gasteiger partial charge is 0.219 e. The molecule has 1 heterocycles. The summed E-state index contributed by atoms with van der Waals surface area (Å²) in [7, 11) is 0. The van der Waals surface area contributed by atoms with Crippen LogP contribution in [0.4, 0.5) is 0 Å². The summed E-state index contributed by atoms with van der Waals surface area (Å²) in [5.41, 5.74) is 6.79. The van der Waals surface area contributed by atoms with E-state index in [0.29, 0.717) is 42.4 Å². The fourth-order valence-electron chi connectivity index (χ4n) is 2.03. The van der Waals surface area contributed by atoms with E-state index >= 15 is 0 Å². The Morgan fingerprint density at radius 1 is 1.20 bits per heavy atom. The van der Waals surface area contributed by atoms with Crippen LogP contribution in [-0.4, -0.2) is 24.1 Å². The third kappa shape index (κ3) is 6.33. The number of hydrogen-bond donors (Lipinski definition) is 2. The van der Waals surface area contributed by atoms with E-state index in [1.54, 1.807) is 6.20 Å². The fourth-order valence-corrected chi connectivity index (χ4v) is 2.03. The number of nitrogens with two attached hydrogens (primary N) is 1. The van der Waals surface area contributed by atoms with Crippen molar-refractivity contribution in [3.8, 4) is 17.4 Å². The molecule has 134 valence electrons. The second kappa shape index (κ2) is 9.52. The van der Waals surface area contributed by atoms with Gasteiger partial charge in [-0.25, -0.2) is 9.98 Å². The molecular weight excluding hydrogens is 316 g/mol. The molecule has 3 N–H and O–H groups in total. The zero-order valence-electron chi connectivity index (χ0n) is 15.0. The van der Waals surface area contributed by atoms with Crippen molar-refractivity contribution < 1.29 is 9.47 Å². The number of hydrogen-bond acceptors (Lipinski definition) is 4. The zero-order chi connectivity index (χ0) is 18.1. The van der Waals surface area contributed by atoms with E-state index in [1.165, 1.54) is 0 Å². The number of nitrogens with zero attached hydrogens (tertiary/aromatic N) is 2. The second-order valence-electron chi connectivity index (χ2n) is 5.96. The third-order valence-corrected chi connectivity index (χ3v) is 3.28. The summed E-state index contributed by atoms with van der Waals surface area (Å²) in [4.78, 5) is 8.62. The number of aromatic nitrogens is 1. The Morgan fingerprint density at radius 2 is 1.96 bits per heavy atom. The molecule has 6 nitrogen and oxygen atoms in total. The first kappa shape index (κ1) is 18.6. The highest BCUT2D eigenvalue weighted by atomic mass is 16.5. The van der Waals surface area contributed by atoms with Gasteiger partial charge in [0.2, 0.25) is 5.88 Å². The number of guanidine groups is 1. The molecule has 0 bridgehead atoms. The lowest BCUT2D eigenvalue weighted by Gasteiger charge is -2.10. The van der Waals surface area contributed by atoms with E-state index in [1.807, 2.05) is 43.3 Å². The molecule has 0 unspecified atom stereocenters. The highest BCUT2D eigenvalue weighted by molar-refractivity contribution is 5.77. The van der Waals surface area contributed by atoms with Gasteiger partial charge >= 0.3 is 0 Å². The first-order valence-corrected chi connectivity index (χ1v) is 8.47. The first-order chi connectivity index (χ1) is 12.1. The number of rotatable bonds is 8. The van der Waals surface area contributed by atoms with Gasteiger partial charge in [0.05, 0.1) is 13.2 Å². The van der Waals surface area contributed by atoms with Crippen molar-refractivity contribution >= 4 is 5.96 Å². The minimum atomic E-state index is 0.444. The van der Waals surface area contributed by atoms with E-state index in [-0.39, 0.29) is 0 Å². The molecule has 0 fully saturated rings. The Bertz CT molecular complexity index is 684. The fraction of sp³-hybridized carbons (Fsp3) is 0.368. The molecule has 1 aromatic heterocycles. The molecule has 0 amide bonds. The number of aliphatic imine (C=N–C) groups is 1. The molecule has 0 aliphatic carbocycles. The summed E-state index contributed by atoms with van der Waals surface area (Å²) >= 11 is 0. The summed E-state index contributed by atoms with van der Waals surface area (Å²) in [6.45, 7) is 8.03. The van der Waals surface area contributed by atoms with Crippen LogP contribution in [0, 0.1) is 5.92 Å². The minimum Gasteiger partial charge on any atom is -0.490 e. The number of nitrogens with one attached hydrogen (secondary N) is 1. The predicted molar refractivity (Wildman–Crippen MR) is 100 cm³/mol. The largest absolute Gasteiger partial charge is 0.490 e. The lowest BCUT2D eigenvalue weighted by atomic mass is 10.2. The molecule has 0 radical (unpaired) electrons. The highest BCUT2D eigenvalue weighted by Gasteiger charge is 2.06. The molecule has 0 saturated heterocycles. The molecule has 2 rings (SSSR count). The molecule has 6 heteroatoms. The van der Waals surface area contributed by atoms with Crippen molar-refractivity contribution in [2.24, 2.45) is 16.6 Å². The predicted octanol–water partition coefficient (Wildman–Crippen LogP) is 3.33. The van der Waals surface area contributed by atoms with Gasteiger partial charge in [0.1, 0.15) is 0 Å². The van der Waals surface area contributed by atoms with Crippen molar-refractivity contribution in [3.63, 3.8) is 0 Å². The van der Waals surface area contributed by atoms with E-state index in [0.717, 1.165) is 12.1 Å². The van der Waals surface area contributed by atoms with Crippen LogP contribution in [0.25, 0.3) is 0 Å². The van der Waals surface area contributed by atoms with Crippen LogP contribution >= 0.6 is 0 Å². The molecule has 0 atom stereocenters. The number of ether oxygens (including phenoxy) is 2. The van der Waals surface area contributed by atoms with Crippen LogP contribution in [-0.2, 0) is 6.54 Å². The van der Waals surface area contributed by atoms with Gasteiger partial charge in [-0.05, 0) is 30.5 Å². The van der Waals surface area contributed by atoms with Gasteiger partial charge in [0.25, 0.3) is 0 Å². The lowest BCUT2D eigenvalue weighted by molar-refractivity contribution is 0.319. The average Bonchev–Trinajstić information content (AvgIpc) is 2.61. The maximum Gasteiger partial charge on any atom is 0.219 e. The van der Waals surface area contributed by atoms with E-state index < -0.39 is 0 Å². The van der Waals surface area contributed by atoms with Gasteiger partial charge in [0.15, 0.2) is 17.5 Å². The van der Waals surface area contributed by atoms with Gasteiger partial charge in [-0.3, -0.25) is 0 Å². The SMILES string of the molecule is CCOc1ccccc1Oc1ccc(CN=C(N)NCC(C)C)cn1. The maximum absolute atomic E-state index is 5.83. The molecule has 0 aliphatic heterocycles. The number of benzene rings is 1. The van der Waals surface area contributed by atoms with Crippen LogP contribution in [0.2, 0.25) is 0 Å². The van der Waals surface area contributed by atoms with Gasteiger partial charge in [-0.1, -0.05) is 32.0 Å². The van der Waals surface area contributed by atoms with Crippen LogP contribution in [0.3, 0.4) is 0 Å². The van der Waals surface area contributed by atoms with Crippen molar-refractivity contribution in [2.45, 2.75) is 27.3 Å².